The van der Waals surface area contributed by atoms with Crippen LogP contribution in [0.3, 0.4) is 0 Å². The Morgan fingerprint density at radius 3 is 2.62 bits per heavy atom. The molecular weight excluding hydrogens is 272 g/mol. The molecule has 6 heteroatoms. The fourth-order valence-electron chi connectivity index (χ4n) is 2.67. The topological polar surface area (TPSA) is 82.8 Å². The van der Waals surface area contributed by atoms with E-state index in [0.717, 1.165) is 18.6 Å². The Bertz CT molecular complexity index is 464. The molecule has 0 radical (unpaired) electrons. The lowest BCUT2D eigenvalue weighted by atomic mass is 9.86. The van der Waals surface area contributed by atoms with Crippen molar-refractivity contribution in [2.45, 2.75) is 45.2 Å². The summed E-state index contributed by atoms with van der Waals surface area (Å²) in [6.07, 6.45) is 4.30. The summed E-state index contributed by atoms with van der Waals surface area (Å²) in [6, 6.07) is 3.59. The van der Waals surface area contributed by atoms with E-state index in [2.05, 4.69) is 5.32 Å². The van der Waals surface area contributed by atoms with E-state index in [-0.39, 0.29) is 18.0 Å². The SMILES string of the molecule is CCN(Cc1ccco1)C(=O)NC1CCC(C(=O)O)CC1. The first-order chi connectivity index (χ1) is 10.1. The number of carboxylic acid groups (broad SMARTS) is 1. The number of nitrogens with one attached hydrogen (secondary N) is 1. The van der Waals surface area contributed by atoms with Gasteiger partial charge in [-0.2, -0.15) is 0 Å². The highest BCUT2D eigenvalue weighted by atomic mass is 16.4. The van der Waals surface area contributed by atoms with E-state index in [1.54, 1.807) is 17.2 Å². The number of carbonyl (C=O) groups excluding carboxylic acids is 1. The van der Waals surface area contributed by atoms with Crippen molar-refractivity contribution in [3.8, 4) is 0 Å². The molecule has 0 aliphatic heterocycles. The molecule has 2 N–H and O–H groups in total. The maximum atomic E-state index is 12.2. The predicted molar refractivity (Wildman–Crippen MR) is 76.7 cm³/mol. The molecule has 1 heterocycles. The number of amides is 2. The van der Waals surface area contributed by atoms with Crippen LogP contribution in [0, 0.1) is 5.92 Å². The van der Waals surface area contributed by atoms with Crippen LogP contribution >= 0.6 is 0 Å². The van der Waals surface area contributed by atoms with Gasteiger partial charge in [0.1, 0.15) is 5.76 Å². The van der Waals surface area contributed by atoms with E-state index in [0.29, 0.717) is 25.9 Å². The van der Waals surface area contributed by atoms with Crippen molar-refractivity contribution >= 4 is 12.0 Å². The van der Waals surface area contributed by atoms with Gasteiger partial charge in [-0.1, -0.05) is 0 Å². The number of nitrogens with zero attached hydrogens (tertiary/aromatic N) is 1. The van der Waals surface area contributed by atoms with Crippen LogP contribution < -0.4 is 5.32 Å². The predicted octanol–water partition coefficient (Wildman–Crippen LogP) is 2.45. The Hall–Kier alpha value is -1.98. The van der Waals surface area contributed by atoms with Crippen LogP contribution in [0.2, 0.25) is 0 Å². The van der Waals surface area contributed by atoms with Crippen molar-refractivity contribution in [3.63, 3.8) is 0 Å². The molecule has 0 spiro atoms. The van der Waals surface area contributed by atoms with E-state index in [1.165, 1.54) is 0 Å². The molecule has 0 aromatic carbocycles. The van der Waals surface area contributed by atoms with Crippen molar-refractivity contribution in [1.82, 2.24) is 10.2 Å². The van der Waals surface area contributed by atoms with Gasteiger partial charge >= 0.3 is 12.0 Å². The molecule has 116 valence electrons. The number of carboxylic acids is 1. The minimum atomic E-state index is -0.729. The van der Waals surface area contributed by atoms with Gasteiger partial charge in [-0.15, -0.1) is 0 Å². The van der Waals surface area contributed by atoms with Gasteiger partial charge in [0.2, 0.25) is 0 Å². The van der Waals surface area contributed by atoms with Crippen LogP contribution in [0.25, 0.3) is 0 Å². The fourth-order valence-corrected chi connectivity index (χ4v) is 2.67. The molecule has 1 aromatic heterocycles. The van der Waals surface area contributed by atoms with Crippen LogP contribution in [0.4, 0.5) is 4.79 Å². The second-order valence-electron chi connectivity index (χ2n) is 5.43. The summed E-state index contributed by atoms with van der Waals surface area (Å²) in [7, 11) is 0. The highest BCUT2D eigenvalue weighted by Crippen LogP contribution is 2.24. The lowest BCUT2D eigenvalue weighted by Crippen LogP contribution is -2.46. The molecule has 0 bridgehead atoms. The van der Waals surface area contributed by atoms with E-state index < -0.39 is 5.97 Å². The molecular formula is C15H22N2O4. The smallest absolute Gasteiger partial charge is 0.318 e. The van der Waals surface area contributed by atoms with Crippen LogP contribution in [0.1, 0.15) is 38.4 Å². The third-order valence-electron chi connectivity index (χ3n) is 4.00. The number of carbonyl (C=O) groups is 2. The Morgan fingerprint density at radius 1 is 1.38 bits per heavy atom. The monoisotopic (exact) mass is 294 g/mol. The van der Waals surface area contributed by atoms with Crippen LogP contribution in [-0.4, -0.2) is 34.6 Å². The molecule has 0 saturated heterocycles. The van der Waals surface area contributed by atoms with Gasteiger partial charge in [-0.3, -0.25) is 4.79 Å². The van der Waals surface area contributed by atoms with Crippen molar-refractivity contribution in [2.75, 3.05) is 6.54 Å². The zero-order valence-electron chi connectivity index (χ0n) is 12.2. The summed E-state index contributed by atoms with van der Waals surface area (Å²) >= 11 is 0. The molecule has 1 aromatic rings. The summed E-state index contributed by atoms with van der Waals surface area (Å²) in [4.78, 5) is 24.8. The zero-order valence-corrected chi connectivity index (χ0v) is 12.2. The standard InChI is InChI=1S/C15H22N2O4/c1-2-17(10-13-4-3-9-21-13)15(20)16-12-7-5-11(6-8-12)14(18)19/h3-4,9,11-12H,2,5-8,10H2,1H3,(H,16,20)(H,18,19). The molecule has 2 rings (SSSR count). The van der Waals surface area contributed by atoms with Gasteiger partial charge in [-0.05, 0) is 44.7 Å². The van der Waals surface area contributed by atoms with E-state index in [9.17, 15) is 9.59 Å². The molecule has 6 nitrogen and oxygen atoms in total. The van der Waals surface area contributed by atoms with Gasteiger partial charge in [0.15, 0.2) is 0 Å². The van der Waals surface area contributed by atoms with Crippen LogP contribution in [0.15, 0.2) is 22.8 Å². The molecule has 2 amide bonds. The summed E-state index contributed by atoms with van der Waals surface area (Å²) in [5.41, 5.74) is 0. The van der Waals surface area contributed by atoms with Crippen molar-refractivity contribution in [1.29, 1.82) is 0 Å². The minimum Gasteiger partial charge on any atom is -0.481 e. The molecule has 0 atom stereocenters. The summed E-state index contributed by atoms with van der Waals surface area (Å²) in [5.74, 6) is -0.238. The van der Waals surface area contributed by atoms with Gasteiger partial charge in [-0.25, -0.2) is 4.79 Å². The number of aliphatic carboxylic acids is 1. The Labute approximate surface area is 124 Å². The quantitative estimate of drug-likeness (QED) is 0.874. The Morgan fingerprint density at radius 2 is 2.10 bits per heavy atom. The van der Waals surface area contributed by atoms with Crippen molar-refractivity contribution < 1.29 is 19.1 Å². The first-order valence-electron chi connectivity index (χ1n) is 7.40. The average Bonchev–Trinajstić information content (AvgIpc) is 2.98. The van der Waals surface area contributed by atoms with E-state index in [1.807, 2.05) is 13.0 Å². The van der Waals surface area contributed by atoms with E-state index in [4.69, 9.17) is 9.52 Å². The molecule has 0 unspecified atom stereocenters. The van der Waals surface area contributed by atoms with Gasteiger partial charge in [0.25, 0.3) is 0 Å². The average molecular weight is 294 g/mol. The third-order valence-corrected chi connectivity index (χ3v) is 4.00. The lowest BCUT2D eigenvalue weighted by molar-refractivity contribution is -0.142. The van der Waals surface area contributed by atoms with Crippen LogP contribution in [0.5, 0.6) is 0 Å². The molecule has 1 aliphatic carbocycles. The second kappa shape index (κ2) is 7.15. The largest absolute Gasteiger partial charge is 0.481 e. The number of hydrogen-bond acceptors (Lipinski definition) is 3. The molecule has 1 aliphatic rings. The molecule has 1 fully saturated rings. The van der Waals surface area contributed by atoms with Crippen LogP contribution in [-0.2, 0) is 11.3 Å². The van der Waals surface area contributed by atoms with Crippen molar-refractivity contribution in [3.05, 3.63) is 24.2 Å². The van der Waals surface area contributed by atoms with Gasteiger partial charge < -0.3 is 19.7 Å². The normalized spacial score (nSPS) is 21.8. The highest BCUT2D eigenvalue weighted by Gasteiger charge is 2.27. The number of rotatable bonds is 5. The summed E-state index contributed by atoms with van der Waals surface area (Å²) in [5, 5.41) is 12.0. The number of furan rings is 1. The fraction of sp³-hybridized carbons (Fsp3) is 0.600. The molecule has 1 saturated carbocycles. The van der Waals surface area contributed by atoms with E-state index >= 15 is 0 Å². The molecule has 21 heavy (non-hydrogen) atoms. The zero-order chi connectivity index (χ0) is 15.2. The second-order valence-corrected chi connectivity index (χ2v) is 5.43. The first kappa shape index (κ1) is 15.4. The van der Waals surface area contributed by atoms with Gasteiger partial charge in [0.05, 0.1) is 18.7 Å². The maximum absolute atomic E-state index is 12.2. The Balaban J connectivity index is 1.81. The summed E-state index contributed by atoms with van der Waals surface area (Å²) in [6.45, 7) is 2.96. The highest BCUT2D eigenvalue weighted by molar-refractivity contribution is 5.74. The number of urea groups is 1. The maximum Gasteiger partial charge on any atom is 0.318 e. The first-order valence-corrected chi connectivity index (χ1v) is 7.40. The third kappa shape index (κ3) is 4.24. The summed E-state index contributed by atoms with van der Waals surface area (Å²) < 4.78 is 5.26. The van der Waals surface area contributed by atoms with Gasteiger partial charge in [0, 0.05) is 12.6 Å². The van der Waals surface area contributed by atoms with Crippen molar-refractivity contribution in [2.24, 2.45) is 5.92 Å². The lowest BCUT2D eigenvalue weighted by Gasteiger charge is -2.29. The number of hydrogen-bond donors (Lipinski definition) is 2. The Kier molecular flexibility index (Phi) is 5.25. The minimum absolute atomic E-state index is 0.0683.